The Hall–Kier alpha value is -0.810. The number of ether oxygens (including phenoxy) is 1. The number of hydrogen-bond donors (Lipinski definition) is 0. The Morgan fingerprint density at radius 2 is 2.24 bits per heavy atom. The lowest BCUT2D eigenvalue weighted by Crippen LogP contribution is -2.33. The van der Waals surface area contributed by atoms with Crippen molar-refractivity contribution in [3.63, 3.8) is 0 Å². The molecule has 5 heteroatoms. The summed E-state index contributed by atoms with van der Waals surface area (Å²) in [4.78, 5) is 13.9. The monoisotopic (exact) mass is 303 g/mol. The number of hydrogen-bond acceptors (Lipinski definition) is 3. The first-order valence-electron chi connectivity index (χ1n) is 5.41. The van der Waals surface area contributed by atoms with E-state index in [0.29, 0.717) is 24.5 Å². The first-order chi connectivity index (χ1) is 7.95. The second-order valence-electron chi connectivity index (χ2n) is 4.07. The van der Waals surface area contributed by atoms with Crippen molar-refractivity contribution in [1.29, 1.82) is 0 Å². The van der Waals surface area contributed by atoms with Gasteiger partial charge in [-0.25, -0.2) is 0 Å². The maximum absolute atomic E-state index is 12.1. The van der Waals surface area contributed by atoms with E-state index >= 15 is 0 Å². The molecule has 0 aliphatic heterocycles. The molecule has 17 heavy (non-hydrogen) atoms. The fourth-order valence-electron chi connectivity index (χ4n) is 1.66. The van der Waals surface area contributed by atoms with Gasteiger partial charge in [-0.1, -0.05) is 15.9 Å². The lowest BCUT2D eigenvalue weighted by atomic mass is 10.2. The highest BCUT2D eigenvalue weighted by Crippen LogP contribution is 2.16. The highest BCUT2D eigenvalue weighted by Gasteiger charge is 2.19. The van der Waals surface area contributed by atoms with E-state index in [4.69, 9.17) is 9.15 Å². The van der Waals surface area contributed by atoms with Crippen LogP contribution in [0.2, 0.25) is 0 Å². The molecule has 0 saturated carbocycles. The number of rotatable bonds is 5. The average molecular weight is 304 g/mol. The molecule has 0 N–H and O–H groups in total. The zero-order chi connectivity index (χ0) is 13.0. The zero-order valence-corrected chi connectivity index (χ0v) is 12.2. The molecule has 1 aromatic heterocycles. The zero-order valence-electron chi connectivity index (χ0n) is 10.6. The topological polar surface area (TPSA) is 42.7 Å². The van der Waals surface area contributed by atoms with Crippen LogP contribution in [-0.2, 0) is 4.74 Å². The summed E-state index contributed by atoms with van der Waals surface area (Å²) >= 11 is 3.46. The van der Waals surface area contributed by atoms with Crippen LogP contribution in [0.15, 0.2) is 10.5 Å². The minimum absolute atomic E-state index is 0.0279. The minimum atomic E-state index is -0.0279. The number of furan rings is 1. The van der Waals surface area contributed by atoms with Crippen molar-refractivity contribution in [1.82, 2.24) is 4.90 Å². The Morgan fingerprint density at radius 1 is 1.59 bits per heavy atom. The molecule has 0 fully saturated rings. The van der Waals surface area contributed by atoms with Crippen LogP contribution in [0.3, 0.4) is 0 Å². The largest absolute Gasteiger partial charge is 0.466 e. The van der Waals surface area contributed by atoms with Crippen molar-refractivity contribution >= 4 is 21.8 Å². The molecule has 0 aliphatic carbocycles. The Kier molecular flexibility index (Phi) is 5.21. The normalized spacial score (nSPS) is 12.5. The molecule has 1 atom stereocenters. The number of carbonyl (C=O) groups excluding carboxylic acids is 1. The Labute approximate surface area is 110 Å². The van der Waals surface area contributed by atoms with Gasteiger partial charge in [0.2, 0.25) is 0 Å². The van der Waals surface area contributed by atoms with Crippen molar-refractivity contribution in [2.45, 2.75) is 18.7 Å². The summed E-state index contributed by atoms with van der Waals surface area (Å²) in [5.41, 5.74) is 0.627. The number of methoxy groups -OCH3 is 1. The molecule has 0 aromatic carbocycles. The molecule has 1 rings (SSSR count). The molecule has 0 saturated heterocycles. The lowest BCUT2D eigenvalue weighted by Gasteiger charge is -2.19. The standard InChI is InChI=1S/C12H18BrNO3/c1-8-5-11(9(2)17-8)12(15)14(3)6-10(13)7-16-4/h5,10H,6-7H2,1-4H3. The molecule has 0 bridgehead atoms. The third kappa shape index (κ3) is 3.85. The van der Waals surface area contributed by atoms with E-state index in [2.05, 4.69) is 15.9 Å². The summed E-state index contributed by atoms with van der Waals surface area (Å²) < 4.78 is 10.4. The van der Waals surface area contributed by atoms with Crippen LogP contribution in [0.1, 0.15) is 21.9 Å². The molecule has 1 aromatic rings. The highest BCUT2D eigenvalue weighted by atomic mass is 79.9. The number of nitrogens with zero attached hydrogens (tertiary/aromatic N) is 1. The van der Waals surface area contributed by atoms with Gasteiger partial charge in [-0.2, -0.15) is 0 Å². The van der Waals surface area contributed by atoms with E-state index in [9.17, 15) is 4.79 Å². The summed E-state index contributed by atoms with van der Waals surface area (Å²) in [6.07, 6.45) is 0. The van der Waals surface area contributed by atoms with Crippen LogP contribution in [0.25, 0.3) is 0 Å². The van der Waals surface area contributed by atoms with E-state index in [0.717, 1.165) is 5.76 Å². The first kappa shape index (κ1) is 14.3. The quantitative estimate of drug-likeness (QED) is 0.784. The van der Waals surface area contributed by atoms with Gasteiger partial charge in [-0.15, -0.1) is 0 Å². The van der Waals surface area contributed by atoms with Crippen molar-refractivity contribution in [3.05, 3.63) is 23.2 Å². The summed E-state index contributed by atoms with van der Waals surface area (Å²) in [5, 5.41) is 0. The summed E-state index contributed by atoms with van der Waals surface area (Å²) in [7, 11) is 3.41. The van der Waals surface area contributed by atoms with Crippen molar-refractivity contribution in [2.75, 3.05) is 27.3 Å². The number of alkyl halides is 1. The molecule has 1 unspecified atom stereocenters. The van der Waals surface area contributed by atoms with Gasteiger partial charge in [-0.3, -0.25) is 4.79 Å². The number of halogens is 1. The van der Waals surface area contributed by atoms with Crippen LogP contribution < -0.4 is 0 Å². The molecule has 4 nitrogen and oxygen atoms in total. The molecule has 96 valence electrons. The summed E-state index contributed by atoms with van der Waals surface area (Å²) in [5.74, 6) is 1.39. The molecule has 0 radical (unpaired) electrons. The maximum Gasteiger partial charge on any atom is 0.257 e. The second-order valence-corrected chi connectivity index (χ2v) is 5.36. The maximum atomic E-state index is 12.1. The molecule has 0 aliphatic rings. The average Bonchev–Trinajstić information content (AvgIpc) is 2.56. The Morgan fingerprint density at radius 3 is 2.71 bits per heavy atom. The Bertz CT molecular complexity index is 389. The molecular formula is C12H18BrNO3. The van der Waals surface area contributed by atoms with Gasteiger partial charge in [0.25, 0.3) is 5.91 Å². The van der Waals surface area contributed by atoms with Gasteiger partial charge < -0.3 is 14.1 Å². The first-order valence-corrected chi connectivity index (χ1v) is 6.32. The summed E-state index contributed by atoms with van der Waals surface area (Å²) in [6, 6.07) is 1.77. The van der Waals surface area contributed by atoms with Crippen LogP contribution in [0.5, 0.6) is 0 Å². The van der Waals surface area contributed by atoms with Gasteiger partial charge in [0, 0.05) is 20.7 Å². The predicted molar refractivity (Wildman–Crippen MR) is 69.7 cm³/mol. The number of aryl methyl sites for hydroxylation is 2. The van der Waals surface area contributed by atoms with E-state index in [1.807, 2.05) is 6.92 Å². The number of carbonyl (C=O) groups is 1. The van der Waals surface area contributed by atoms with Crippen molar-refractivity contribution < 1.29 is 13.9 Å². The third-order valence-corrected chi connectivity index (χ3v) is 2.99. The predicted octanol–water partition coefficient (Wildman–Crippen LogP) is 2.38. The third-order valence-electron chi connectivity index (χ3n) is 2.44. The summed E-state index contributed by atoms with van der Waals surface area (Å²) in [6.45, 7) is 4.80. The van der Waals surface area contributed by atoms with Crippen molar-refractivity contribution in [3.8, 4) is 0 Å². The van der Waals surface area contributed by atoms with E-state index in [1.165, 1.54) is 0 Å². The van der Waals surface area contributed by atoms with Gasteiger partial charge in [0.15, 0.2) is 0 Å². The SMILES string of the molecule is COCC(Br)CN(C)C(=O)c1cc(C)oc1C. The van der Waals surface area contributed by atoms with Gasteiger partial charge in [-0.05, 0) is 19.9 Å². The highest BCUT2D eigenvalue weighted by molar-refractivity contribution is 9.09. The van der Waals surface area contributed by atoms with E-state index in [1.54, 1.807) is 32.0 Å². The lowest BCUT2D eigenvalue weighted by molar-refractivity contribution is 0.0782. The molecular weight excluding hydrogens is 286 g/mol. The smallest absolute Gasteiger partial charge is 0.257 e. The second kappa shape index (κ2) is 6.21. The van der Waals surface area contributed by atoms with E-state index < -0.39 is 0 Å². The molecule has 1 amide bonds. The molecule has 0 spiro atoms. The van der Waals surface area contributed by atoms with E-state index in [-0.39, 0.29) is 10.7 Å². The van der Waals surface area contributed by atoms with Crippen LogP contribution in [-0.4, -0.2) is 42.9 Å². The van der Waals surface area contributed by atoms with Gasteiger partial charge in [0.05, 0.1) is 17.0 Å². The Balaban J connectivity index is 2.66. The van der Waals surface area contributed by atoms with Crippen molar-refractivity contribution in [2.24, 2.45) is 0 Å². The molecule has 1 heterocycles. The number of amides is 1. The van der Waals surface area contributed by atoms with Gasteiger partial charge >= 0.3 is 0 Å². The fraction of sp³-hybridized carbons (Fsp3) is 0.583. The fourth-order valence-corrected chi connectivity index (χ4v) is 2.36. The minimum Gasteiger partial charge on any atom is -0.466 e. The van der Waals surface area contributed by atoms with Crippen LogP contribution in [0, 0.1) is 13.8 Å². The van der Waals surface area contributed by atoms with Gasteiger partial charge in [0.1, 0.15) is 11.5 Å². The van der Waals surface area contributed by atoms with Crippen LogP contribution in [0.4, 0.5) is 0 Å². The van der Waals surface area contributed by atoms with Crippen LogP contribution >= 0.6 is 15.9 Å².